The van der Waals surface area contributed by atoms with Gasteiger partial charge in [-0.05, 0) is 81.8 Å². The molecule has 0 radical (unpaired) electrons. The molecule has 1 aliphatic heterocycles. The number of sulfone groups is 2. The summed E-state index contributed by atoms with van der Waals surface area (Å²) in [6.07, 6.45) is -1.76. The summed E-state index contributed by atoms with van der Waals surface area (Å²) >= 11 is 0. The Balaban J connectivity index is 1.53. The Hall–Kier alpha value is -2.67. The van der Waals surface area contributed by atoms with Crippen molar-refractivity contribution in [1.82, 2.24) is 4.90 Å². The Kier molecular flexibility index (Phi) is 7.56. The molecule has 7 nitrogen and oxygen atoms in total. The van der Waals surface area contributed by atoms with E-state index < -0.39 is 58.7 Å². The van der Waals surface area contributed by atoms with E-state index in [1.165, 1.54) is 36.9 Å². The van der Waals surface area contributed by atoms with E-state index >= 15 is 0 Å². The minimum Gasteiger partial charge on any atom is -0.490 e. The van der Waals surface area contributed by atoms with Crippen molar-refractivity contribution in [2.24, 2.45) is 5.92 Å². The summed E-state index contributed by atoms with van der Waals surface area (Å²) in [4.78, 5) is 13.8. The van der Waals surface area contributed by atoms with Crippen molar-refractivity contribution in [2.45, 2.75) is 66.3 Å². The topological polar surface area (TPSA) is 97.8 Å². The molecule has 1 amide bonds. The molecule has 39 heavy (non-hydrogen) atoms. The van der Waals surface area contributed by atoms with Crippen LogP contribution < -0.4 is 4.74 Å². The molecule has 0 N–H and O–H groups in total. The molecule has 2 aromatic carbocycles. The van der Waals surface area contributed by atoms with Crippen LogP contribution in [0.1, 0.15) is 55.5 Å². The van der Waals surface area contributed by atoms with Crippen molar-refractivity contribution in [1.29, 1.82) is 0 Å². The average molecular weight is 592 g/mol. The third-order valence-electron chi connectivity index (χ3n) is 7.38. The zero-order valence-corrected chi connectivity index (χ0v) is 23.2. The smallest absolute Gasteiger partial charge is 0.416 e. The number of nitrogens with zero attached hydrogens (tertiary/aromatic N) is 1. The third kappa shape index (κ3) is 6.08. The van der Waals surface area contributed by atoms with E-state index in [0.29, 0.717) is 17.9 Å². The summed E-state index contributed by atoms with van der Waals surface area (Å²) in [6, 6.07) is 5.52. The molecule has 0 bridgehead atoms. The highest BCUT2D eigenvalue weighted by atomic mass is 32.2. The standard InChI is InChI=1S/C26H29F4NO6S2/c1-25(2,39(35,36)21-13-17(26(28,29)30)12-18(27)14-21)16-8-10-31(11-9-16)24(32)22-7-6-20(37-19-4-5-19)15-23(22)38(3,33)34/h6-7,12-16,19H,4-5,8-11H2,1-3H3. The maximum absolute atomic E-state index is 14.0. The second-order valence-corrected chi connectivity index (χ2v) is 15.1. The van der Waals surface area contributed by atoms with Crippen LogP contribution in [0, 0.1) is 11.7 Å². The molecule has 2 aliphatic rings. The summed E-state index contributed by atoms with van der Waals surface area (Å²) in [5.74, 6) is -2.05. The average Bonchev–Trinajstić information content (AvgIpc) is 3.66. The number of alkyl halides is 3. The Morgan fingerprint density at radius 2 is 1.56 bits per heavy atom. The van der Waals surface area contributed by atoms with E-state index in [0.717, 1.165) is 19.1 Å². The Labute approximate surface area is 225 Å². The van der Waals surface area contributed by atoms with Crippen LogP contribution in [0.2, 0.25) is 0 Å². The number of hydrogen-bond donors (Lipinski definition) is 0. The van der Waals surface area contributed by atoms with E-state index in [1.807, 2.05) is 0 Å². The Morgan fingerprint density at radius 3 is 2.10 bits per heavy atom. The van der Waals surface area contributed by atoms with E-state index in [1.54, 1.807) is 0 Å². The number of benzene rings is 2. The number of ether oxygens (including phenoxy) is 1. The highest BCUT2D eigenvalue weighted by Gasteiger charge is 2.45. The fraction of sp³-hybridized carbons (Fsp3) is 0.500. The van der Waals surface area contributed by atoms with E-state index in [2.05, 4.69) is 0 Å². The first-order valence-electron chi connectivity index (χ1n) is 12.3. The van der Waals surface area contributed by atoms with Crippen LogP contribution in [-0.4, -0.2) is 57.8 Å². The summed E-state index contributed by atoms with van der Waals surface area (Å²) in [6.45, 7) is 2.96. The van der Waals surface area contributed by atoms with Crippen LogP contribution in [0.25, 0.3) is 0 Å². The van der Waals surface area contributed by atoms with Gasteiger partial charge in [0.05, 0.1) is 31.8 Å². The number of hydrogen-bond acceptors (Lipinski definition) is 6. The maximum Gasteiger partial charge on any atom is 0.416 e. The predicted molar refractivity (Wildman–Crippen MR) is 134 cm³/mol. The Bertz CT molecular complexity index is 1490. The second kappa shape index (κ2) is 10.1. The zero-order valence-electron chi connectivity index (χ0n) is 21.6. The van der Waals surface area contributed by atoms with Crippen LogP contribution in [0.3, 0.4) is 0 Å². The molecule has 0 unspecified atom stereocenters. The number of piperidine rings is 1. The highest BCUT2D eigenvalue weighted by molar-refractivity contribution is 7.92. The number of carbonyl (C=O) groups excluding carboxylic acids is 1. The van der Waals surface area contributed by atoms with Crippen molar-refractivity contribution in [2.75, 3.05) is 19.3 Å². The molecule has 2 aromatic rings. The molecule has 214 valence electrons. The SMILES string of the molecule is CC(C)(C1CCN(C(=O)c2ccc(OC3CC3)cc2S(C)(=O)=O)CC1)S(=O)(=O)c1cc(F)cc(C(F)(F)F)c1. The first-order valence-corrected chi connectivity index (χ1v) is 15.7. The normalized spacial score (nSPS) is 17.8. The van der Waals surface area contributed by atoms with E-state index in [4.69, 9.17) is 4.74 Å². The molecular formula is C26H29F4NO6S2. The fourth-order valence-electron chi connectivity index (χ4n) is 4.79. The van der Waals surface area contributed by atoms with Crippen LogP contribution >= 0.6 is 0 Å². The van der Waals surface area contributed by atoms with Crippen LogP contribution in [0.5, 0.6) is 5.75 Å². The van der Waals surface area contributed by atoms with Gasteiger partial charge in [0, 0.05) is 19.3 Å². The van der Waals surface area contributed by atoms with Gasteiger partial charge in [-0.3, -0.25) is 4.79 Å². The molecule has 0 aromatic heterocycles. The monoisotopic (exact) mass is 591 g/mol. The molecule has 1 heterocycles. The van der Waals surface area contributed by atoms with Crippen molar-refractivity contribution in [3.8, 4) is 5.75 Å². The molecule has 4 rings (SSSR count). The largest absolute Gasteiger partial charge is 0.490 e. The van der Waals surface area contributed by atoms with Gasteiger partial charge in [0.2, 0.25) is 0 Å². The van der Waals surface area contributed by atoms with Gasteiger partial charge in [-0.25, -0.2) is 21.2 Å². The number of amides is 1. The quantitative estimate of drug-likeness (QED) is 0.425. The van der Waals surface area contributed by atoms with Gasteiger partial charge in [-0.15, -0.1) is 0 Å². The fourth-order valence-corrected chi connectivity index (χ4v) is 7.51. The molecule has 1 aliphatic carbocycles. The lowest BCUT2D eigenvalue weighted by Gasteiger charge is -2.40. The first-order chi connectivity index (χ1) is 17.9. The van der Waals surface area contributed by atoms with Gasteiger partial charge >= 0.3 is 6.18 Å². The van der Waals surface area contributed by atoms with E-state index in [-0.39, 0.29) is 48.6 Å². The number of halogens is 4. The number of rotatable bonds is 7. The van der Waals surface area contributed by atoms with Gasteiger partial charge < -0.3 is 9.64 Å². The van der Waals surface area contributed by atoms with Gasteiger partial charge in [-0.1, -0.05) is 0 Å². The van der Waals surface area contributed by atoms with Gasteiger partial charge in [0.1, 0.15) is 11.6 Å². The highest BCUT2D eigenvalue weighted by Crippen LogP contribution is 2.40. The summed E-state index contributed by atoms with van der Waals surface area (Å²) in [5, 5.41) is 0. The first kappa shape index (κ1) is 29.3. The molecular weight excluding hydrogens is 562 g/mol. The van der Waals surface area contributed by atoms with Crippen LogP contribution in [0.4, 0.5) is 17.6 Å². The Morgan fingerprint density at radius 1 is 0.949 bits per heavy atom. The van der Waals surface area contributed by atoms with E-state index in [9.17, 15) is 39.2 Å². The molecule has 1 saturated heterocycles. The van der Waals surface area contributed by atoms with Crippen molar-refractivity contribution < 1.29 is 43.9 Å². The third-order valence-corrected chi connectivity index (χ3v) is 11.1. The zero-order chi connectivity index (χ0) is 29.0. The minimum atomic E-state index is -4.92. The molecule has 0 atom stereocenters. The van der Waals surface area contributed by atoms with Crippen LogP contribution in [-0.2, 0) is 25.9 Å². The predicted octanol–water partition coefficient (Wildman–Crippen LogP) is 4.89. The van der Waals surface area contributed by atoms with Crippen LogP contribution in [0.15, 0.2) is 46.2 Å². The lowest BCUT2D eigenvalue weighted by molar-refractivity contribution is -0.137. The lowest BCUT2D eigenvalue weighted by Crippen LogP contribution is -2.47. The summed E-state index contributed by atoms with van der Waals surface area (Å²) < 4.78 is 109. The molecule has 1 saturated carbocycles. The summed E-state index contributed by atoms with van der Waals surface area (Å²) in [5.41, 5.74) is -1.42. The molecule has 2 fully saturated rings. The van der Waals surface area contributed by atoms with Crippen molar-refractivity contribution in [3.05, 3.63) is 53.3 Å². The van der Waals surface area contributed by atoms with Gasteiger partial charge in [0.15, 0.2) is 19.7 Å². The van der Waals surface area contributed by atoms with Gasteiger partial charge in [-0.2, -0.15) is 13.2 Å². The maximum atomic E-state index is 14.0. The summed E-state index contributed by atoms with van der Waals surface area (Å²) in [7, 11) is -8.18. The number of likely N-dealkylation sites (tertiary alicyclic amines) is 1. The second-order valence-electron chi connectivity index (χ2n) is 10.6. The lowest BCUT2D eigenvalue weighted by atomic mass is 9.85. The number of carbonyl (C=O) groups is 1. The molecule has 13 heteroatoms. The minimum absolute atomic E-state index is 0.0228. The van der Waals surface area contributed by atoms with Crippen molar-refractivity contribution in [3.63, 3.8) is 0 Å². The van der Waals surface area contributed by atoms with Gasteiger partial charge in [0.25, 0.3) is 5.91 Å². The van der Waals surface area contributed by atoms with Crippen molar-refractivity contribution >= 4 is 25.6 Å². The molecule has 0 spiro atoms.